The Morgan fingerprint density at radius 3 is 2.67 bits per heavy atom. The summed E-state index contributed by atoms with van der Waals surface area (Å²) >= 11 is 1.56. The molecule has 27 heavy (non-hydrogen) atoms. The summed E-state index contributed by atoms with van der Waals surface area (Å²) in [5, 5.41) is 17.2. The molecular weight excluding hydrogens is 360 g/mol. The number of hydrogen-bond acceptors (Lipinski definition) is 6. The highest BCUT2D eigenvalue weighted by Crippen LogP contribution is 2.22. The minimum atomic E-state index is -0.131. The summed E-state index contributed by atoms with van der Waals surface area (Å²) in [6.45, 7) is 9.43. The maximum absolute atomic E-state index is 12.6. The van der Waals surface area contributed by atoms with E-state index in [4.69, 9.17) is 5.10 Å². The topological polar surface area (TPSA) is 66.6 Å². The summed E-state index contributed by atoms with van der Waals surface area (Å²) in [7, 11) is 0. The molecule has 1 saturated heterocycles. The first-order chi connectivity index (χ1) is 12.9. The zero-order chi connectivity index (χ0) is 19.0. The third-order valence-corrected chi connectivity index (χ3v) is 5.48. The number of anilines is 1. The molecule has 4 heterocycles. The summed E-state index contributed by atoms with van der Waals surface area (Å²) in [6.07, 6.45) is 0.921. The van der Waals surface area contributed by atoms with Gasteiger partial charge in [-0.25, -0.2) is 0 Å². The molecule has 3 aromatic heterocycles. The van der Waals surface area contributed by atoms with Crippen LogP contribution in [0.3, 0.4) is 0 Å². The summed E-state index contributed by atoms with van der Waals surface area (Å²) < 4.78 is 1.84. The van der Waals surface area contributed by atoms with E-state index in [0.717, 1.165) is 48.9 Å². The number of thiophene rings is 1. The van der Waals surface area contributed by atoms with Crippen molar-refractivity contribution in [3.05, 3.63) is 40.3 Å². The maximum atomic E-state index is 12.6. The Morgan fingerprint density at radius 1 is 1.07 bits per heavy atom. The van der Waals surface area contributed by atoms with Crippen molar-refractivity contribution in [2.24, 2.45) is 0 Å². The summed E-state index contributed by atoms with van der Waals surface area (Å²) in [6, 6.07) is 5.85. The standard InChI is InChI=1S/C19H24N6OS/c1-19(2,3)18-21-20-15-5-6-16(22-25(15)18)23-8-4-9-24(11-10-23)17(26)14-7-12-27-13-14/h5-7,12-13H,4,8-11H2,1-3H3. The summed E-state index contributed by atoms with van der Waals surface area (Å²) in [5.41, 5.74) is 1.41. The van der Waals surface area contributed by atoms with E-state index in [1.54, 1.807) is 11.3 Å². The first-order valence-electron chi connectivity index (χ1n) is 9.23. The molecule has 1 aliphatic heterocycles. The van der Waals surface area contributed by atoms with Crippen LogP contribution in [-0.4, -0.2) is 56.8 Å². The average Bonchev–Trinajstić information content (AvgIpc) is 3.25. The number of aromatic nitrogens is 4. The fourth-order valence-electron chi connectivity index (χ4n) is 3.33. The van der Waals surface area contributed by atoms with Crippen molar-refractivity contribution in [3.8, 4) is 0 Å². The van der Waals surface area contributed by atoms with Crippen molar-refractivity contribution in [3.63, 3.8) is 0 Å². The molecule has 0 atom stereocenters. The molecule has 8 heteroatoms. The molecule has 7 nitrogen and oxygen atoms in total. The van der Waals surface area contributed by atoms with Gasteiger partial charge >= 0.3 is 0 Å². The van der Waals surface area contributed by atoms with Crippen LogP contribution in [0.4, 0.5) is 5.82 Å². The van der Waals surface area contributed by atoms with Crippen molar-refractivity contribution in [2.45, 2.75) is 32.6 Å². The predicted octanol–water partition coefficient (Wildman–Crippen LogP) is 2.84. The van der Waals surface area contributed by atoms with Crippen LogP contribution < -0.4 is 4.90 Å². The van der Waals surface area contributed by atoms with Gasteiger partial charge in [0.25, 0.3) is 5.91 Å². The lowest BCUT2D eigenvalue weighted by Gasteiger charge is -2.23. The molecule has 0 aliphatic carbocycles. The number of amides is 1. The van der Waals surface area contributed by atoms with Gasteiger partial charge in [0.1, 0.15) is 5.82 Å². The maximum Gasteiger partial charge on any atom is 0.254 e. The molecule has 3 aromatic rings. The van der Waals surface area contributed by atoms with E-state index in [0.29, 0.717) is 6.54 Å². The molecule has 1 fully saturated rings. The smallest absolute Gasteiger partial charge is 0.254 e. The summed E-state index contributed by atoms with van der Waals surface area (Å²) in [5.74, 6) is 1.87. The number of nitrogens with zero attached hydrogens (tertiary/aromatic N) is 6. The molecule has 1 amide bonds. The number of fused-ring (bicyclic) bond motifs is 1. The second-order valence-electron chi connectivity index (χ2n) is 7.88. The van der Waals surface area contributed by atoms with Crippen LogP contribution >= 0.6 is 11.3 Å². The van der Waals surface area contributed by atoms with Gasteiger partial charge in [0.05, 0.1) is 5.56 Å². The third-order valence-electron chi connectivity index (χ3n) is 4.79. The lowest BCUT2D eigenvalue weighted by atomic mass is 9.96. The van der Waals surface area contributed by atoms with Gasteiger partial charge in [-0.15, -0.1) is 15.3 Å². The lowest BCUT2D eigenvalue weighted by molar-refractivity contribution is 0.0767. The first-order valence-corrected chi connectivity index (χ1v) is 10.2. The minimum Gasteiger partial charge on any atom is -0.353 e. The molecule has 0 bridgehead atoms. The Kier molecular flexibility index (Phi) is 4.59. The highest BCUT2D eigenvalue weighted by Gasteiger charge is 2.24. The Morgan fingerprint density at radius 2 is 1.93 bits per heavy atom. The Balaban J connectivity index is 1.55. The molecule has 0 aromatic carbocycles. The Bertz CT molecular complexity index is 943. The Hall–Kier alpha value is -2.48. The van der Waals surface area contributed by atoms with Crippen LogP contribution in [-0.2, 0) is 5.41 Å². The fraction of sp³-hybridized carbons (Fsp3) is 0.474. The molecular formula is C19H24N6OS. The molecule has 0 N–H and O–H groups in total. The van der Waals surface area contributed by atoms with E-state index in [1.807, 2.05) is 38.4 Å². The SMILES string of the molecule is CC(C)(C)c1nnc2ccc(N3CCCN(C(=O)c4ccsc4)CC3)nn12. The average molecular weight is 385 g/mol. The van der Waals surface area contributed by atoms with Gasteiger partial charge in [-0.3, -0.25) is 4.79 Å². The highest BCUT2D eigenvalue weighted by atomic mass is 32.1. The van der Waals surface area contributed by atoms with E-state index < -0.39 is 0 Å². The molecule has 0 radical (unpaired) electrons. The van der Waals surface area contributed by atoms with E-state index in [-0.39, 0.29) is 11.3 Å². The van der Waals surface area contributed by atoms with Gasteiger partial charge < -0.3 is 9.80 Å². The quantitative estimate of drug-likeness (QED) is 0.680. The zero-order valence-electron chi connectivity index (χ0n) is 15.9. The van der Waals surface area contributed by atoms with Crippen LogP contribution in [0.15, 0.2) is 29.0 Å². The van der Waals surface area contributed by atoms with Crippen LogP contribution in [0, 0.1) is 0 Å². The van der Waals surface area contributed by atoms with Crippen molar-refractivity contribution >= 4 is 28.7 Å². The van der Waals surface area contributed by atoms with E-state index >= 15 is 0 Å². The largest absolute Gasteiger partial charge is 0.353 e. The fourth-order valence-corrected chi connectivity index (χ4v) is 3.96. The van der Waals surface area contributed by atoms with Gasteiger partial charge in [0.2, 0.25) is 0 Å². The second-order valence-corrected chi connectivity index (χ2v) is 8.66. The molecule has 4 rings (SSSR count). The van der Waals surface area contributed by atoms with E-state index in [9.17, 15) is 4.79 Å². The minimum absolute atomic E-state index is 0.121. The van der Waals surface area contributed by atoms with Crippen LogP contribution in [0.1, 0.15) is 43.4 Å². The predicted molar refractivity (Wildman–Crippen MR) is 107 cm³/mol. The van der Waals surface area contributed by atoms with Gasteiger partial charge in [-0.05, 0) is 30.0 Å². The number of rotatable bonds is 2. The van der Waals surface area contributed by atoms with Crippen LogP contribution in [0.2, 0.25) is 0 Å². The molecule has 142 valence electrons. The Labute approximate surface area is 162 Å². The molecule has 0 unspecified atom stereocenters. The van der Waals surface area contributed by atoms with Crippen LogP contribution in [0.25, 0.3) is 5.65 Å². The zero-order valence-corrected chi connectivity index (χ0v) is 16.7. The second kappa shape index (κ2) is 6.92. The van der Waals surface area contributed by atoms with Gasteiger partial charge in [-0.1, -0.05) is 20.8 Å². The van der Waals surface area contributed by atoms with Crippen molar-refractivity contribution in [1.82, 2.24) is 24.7 Å². The van der Waals surface area contributed by atoms with Crippen molar-refractivity contribution in [2.75, 3.05) is 31.1 Å². The van der Waals surface area contributed by atoms with Gasteiger partial charge in [0, 0.05) is 37.0 Å². The number of carbonyl (C=O) groups excluding carboxylic acids is 1. The lowest BCUT2D eigenvalue weighted by Crippen LogP contribution is -2.35. The summed E-state index contributed by atoms with van der Waals surface area (Å²) in [4.78, 5) is 16.8. The van der Waals surface area contributed by atoms with Crippen molar-refractivity contribution < 1.29 is 4.79 Å². The molecule has 0 spiro atoms. The highest BCUT2D eigenvalue weighted by molar-refractivity contribution is 7.08. The normalized spacial score (nSPS) is 16.0. The number of carbonyl (C=O) groups is 1. The van der Waals surface area contributed by atoms with Crippen molar-refractivity contribution in [1.29, 1.82) is 0 Å². The monoisotopic (exact) mass is 384 g/mol. The number of hydrogen-bond donors (Lipinski definition) is 0. The molecule has 0 saturated carbocycles. The van der Waals surface area contributed by atoms with E-state index in [2.05, 4.69) is 35.9 Å². The van der Waals surface area contributed by atoms with Gasteiger partial charge in [-0.2, -0.15) is 15.9 Å². The molecule has 1 aliphatic rings. The van der Waals surface area contributed by atoms with Crippen LogP contribution in [0.5, 0.6) is 0 Å². The third kappa shape index (κ3) is 3.53. The first kappa shape index (κ1) is 17.9. The van der Waals surface area contributed by atoms with E-state index in [1.165, 1.54) is 0 Å². The van der Waals surface area contributed by atoms with Gasteiger partial charge in [0.15, 0.2) is 11.5 Å².